The van der Waals surface area contributed by atoms with Crippen LogP contribution in [0.3, 0.4) is 0 Å². The zero-order valence-electron chi connectivity index (χ0n) is 13.3. The molecule has 2 unspecified atom stereocenters. The highest BCUT2D eigenvalue weighted by atomic mass is 15.2. The normalized spacial score (nSPS) is 23.4. The van der Waals surface area contributed by atoms with Crippen LogP contribution in [0.25, 0.3) is 0 Å². The summed E-state index contributed by atoms with van der Waals surface area (Å²) in [7, 11) is 0. The minimum absolute atomic E-state index is 0.643. The van der Waals surface area contributed by atoms with Gasteiger partial charge >= 0.3 is 0 Å². The molecule has 1 fully saturated rings. The number of hydrogen-bond donors (Lipinski definition) is 3. The van der Waals surface area contributed by atoms with Crippen LogP contribution in [0.1, 0.15) is 39.5 Å². The predicted octanol–water partition coefficient (Wildman–Crippen LogP) is 1.80. The summed E-state index contributed by atoms with van der Waals surface area (Å²) in [6, 6.07) is 1.33. The number of piperidine rings is 1. The third-order valence-corrected chi connectivity index (χ3v) is 4.07. The molecule has 2 atom stereocenters. The Labute approximate surface area is 124 Å². The Balaban J connectivity index is 2.21. The average Bonchev–Trinajstić information content (AvgIpc) is 2.41. The molecule has 0 aliphatic carbocycles. The predicted molar refractivity (Wildman–Crippen MR) is 87.4 cm³/mol. The van der Waals surface area contributed by atoms with Gasteiger partial charge in [-0.3, -0.25) is 4.90 Å². The summed E-state index contributed by atoms with van der Waals surface area (Å²) in [5.74, 6) is 0. The van der Waals surface area contributed by atoms with Crippen molar-refractivity contribution in [2.24, 2.45) is 5.73 Å². The third-order valence-electron chi connectivity index (χ3n) is 4.07. The molecule has 20 heavy (non-hydrogen) atoms. The van der Waals surface area contributed by atoms with E-state index in [1.54, 1.807) is 0 Å². The number of likely N-dealkylation sites (tertiary alicyclic amines) is 1. The van der Waals surface area contributed by atoms with Crippen molar-refractivity contribution < 1.29 is 0 Å². The Bertz CT molecular complexity index is 304. The highest BCUT2D eigenvalue weighted by Crippen LogP contribution is 2.22. The van der Waals surface area contributed by atoms with Crippen LogP contribution in [0.15, 0.2) is 24.6 Å². The zero-order valence-corrected chi connectivity index (χ0v) is 13.3. The highest BCUT2D eigenvalue weighted by molar-refractivity contribution is 4.99. The summed E-state index contributed by atoms with van der Waals surface area (Å²) in [6.45, 7) is 16.0. The first kappa shape index (κ1) is 17.1. The van der Waals surface area contributed by atoms with E-state index >= 15 is 0 Å². The smallest absolute Gasteiger partial charge is 0.0381 e. The molecule has 0 amide bonds. The van der Waals surface area contributed by atoms with Gasteiger partial charge in [0.15, 0.2) is 0 Å². The van der Waals surface area contributed by atoms with Crippen LogP contribution in [0, 0.1) is 0 Å². The molecule has 4 N–H and O–H groups in total. The molecule has 4 nitrogen and oxygen atoms in total. The monoisotopic (exact) mass is 280 g/mol. The van der Waals surface area contributed by atoms with Crippen LogP contribution in [0.4, 0.5) is 0 Å². The number of nitrogens with one attached hydrogen (secondary N) is 2. The molecule has 0 aromatic heterocycles. The van der Waals surface area contributed by atoms with E-state index in [2.05, 4.69) is 42.5 Å². The highest BCUT2D eigenvalue weighted by Gasteiger charge is 2.24. The molecule has 0 aromatic rings. The van der Waals surface area contributed by atoms with Crippen molar-refractivity contribution in [1.29, 1.82) is 0 Å². The van der Waals surface area contributed by atoms with Gasteiger partial charge in [-0.05, 0) is 26.7 Å². The van der Waals surface area contributed by atoms with E-state index in [1.807, 2.05) is 0 Å². The van der Waals surface area contributed by atoms with Crippen molar-refractivity contribution in [3.63, 3.8) is 0 Å². The topological polar surface area (TPSA) is 53.3 Å². The Morgan fingerprint density at radius 3 is 2.30 bits per heavy atom. The fourth-order valence-corrected chi connectivity index (χ4v) is 2.79. The van der Waals surface area contributed by atoms with Gasteiger partial charge in [0.05, 0.1) is 0 Å². The van der Waals surface area contributed by atoms with Gasteiger partial charge < -0.3 is 16.4 Å². The van der Waals surface area contributed by atoms with E-state index in [1.165, 1.54) is 19.3 Å². The number of rotatable bonds is 9. The number of nitrogens with zero attached hydrogens (tertiary/aromatic N) is 1. The quantitative estimate of drug-likeness (QED) is 0.603. The van der Waals surface area contributed by atoms with Crippen molar-refractivity contribution in [2.75, 3.05) is 26.2 Å². The Hall–Kier alpha value is -1.00. The van der Waals surface area contributed by atoms with E-state index in [9.17, 15) is 0 Å². The van der Waals surface area contributed by atoms with Crippen molar-refractivity contribution in [3.05, 3.63) is 24.6 Å². The van der Waals surface area contributed by atoms with Gasteiger partial charge in [0.1, 0.15) is 0 Å². The summed E-state index contributed by atoms with van der Waals surface area (Å²) >= 11 is 0. The van der Waals surface area contributed by atoms with E-state index in [4.69, 9.17) is 5.73 Å². The second-order valence-corrected chi connectivity index (χ2v) is 5.90. The average molecular weight is 280 g/mol. The maximum Gasteiger partial charge on any atom is 0.0381 e. The van der Waals surface area contributed by atoms with Crippen LogP contribution in [-0.2, 0) is 0 Å². The summed E-state index contributed by atoms with van der Waals surface area (Å²) in [5, 5.41) is 6.61. The lowest BCUT2D eigenvalue weighted by Crippen LogP contribution is -2.45. The van der Waals surface area contributed by atoms with Gasteiger partial charge in [-0.1, -0.05) is 19.6 Å². The summed E-state index contributed by atoms with van der Waals surface area (Å²) in [4.78, 5) is 2.56. The molecule has 1 saturated heterocycles. The van der Waals surface area contributed by atoms with Gasteiger partial charge in [0.25, 0.3) is 0 Å². The molecule has 1 aliphatic heterocycles. The fraction of sp³-hybridized carbons (Fsp3) is 0.750. The molecule has 1 heterocycles. The first-order valence-corrected chi connectivity index (χ1v) is 7.83. The second kappa shape index (κ2) is 9.03. The molecular formula is C16H32N4. The molecule has 0 bridgehead atoms. The van der Waals surface area contributed by atoms with Gasteiger partial charge in [-0.25, -0.2) is 0 Å². The standard InChI is InChI=1S/C16H32N4/c1-13(19-11-9-17)8-10-18-14(2)12-20-15(3)6-5-7-16(20)4/h15-16,18-19H,1-2,5-12,17H2,3-4H3. The van der Waals surface area contributed by atoms with Crippen molar-refractivity contribution in [2.45, 2.75) is 51.6 Å². The Kier molecular flexibility index (Phi) is 7.70. The first-order valence-electron chi connectivity index (χ1n) is 7.83. The molecule has 116 valence electrons. The molecule has 0 saturated carbocycles. The van der Waals surface area contributed by atoms with Gasteiger partial charge in [0.2, 0.25) is 0 Å². The third kappa shape index (κ3) is 5.97. The van der Waals surface area contributed by atoms with Crippen LogP contribution in [0.5, 0.6) is 0 Å². The lowest BCUT2D eigenvalue weighted by molar-refractivity contribution is 0.113. The molecule has 1 rings (SSSR count). The van der Waals surface area contributed by atoms with Crippen LogP contribution >= 0.6 is 0 Å². The summed E-state index contributed by atoms with van der Waals surface area (Å²) in [5.41, 5.74) is 7.59. The second-order valence-electron chi connectivity index (χ2n) is 5.90. The van der Waals surface area contributed by atoms with E-state index in [0.29, 0.717) is 18.6 Å². The molecule has 0 spiro atoms. The largest absolute Gasteiger partial charge is 0.387 e. The van der Waals surface area contributed by atoms with Crippen molar-refractivity contribution in [1.82, 2.24) is 15.5 Å². The molecule has 1 aliphatic rings. The minimum atomic E-state index is 0.643. The lowest BCUT2D eigenvalue weighted by Gasteiger charge is -2.39. The van der Waals surface area contributed by atoms with Gasteiger partial charge in [0, 0.05) is 56.1 Å². The van der Waals surface area contributed by atoms with E-state index in [-0.39, 0.29) is 0 Å². The molecule has 4 heteroatoms. The van der Waals surface area contributed by atoms with E-state index in [0.717, 1.165) is 37.4 Å². The number of nitrogens with two attached hydrogens (primary N) is 1. The lowest BCUT2D eigenvalue weighted by atomic mass is 9.97. The summed E-state index contributed by atoms with van der Waals surface area (Å²) in [6.07, 6.45) is 4.87. The van der Waals surface area contributed by atoms with Crippen LogP contribution in [-0.4, -0.2) is 43.2 Å². The van der Waals surface area contributed by atoms with Crippen LogP contribution < -0.4 is 16.4 Å². The maximum atomic E-state index is 5.44. The van der Waals surface area contributed by atoms with Gasteiger partial charge in [-0.2, -0.15) is 0 Å². The molecule has 0 aromatic carbocycles. The SMILES string of the molecule is C=C(CCNC(=C)CN1C(C)CCCC1C)NCCN. The fourth-order valence-electron chi connectivity index (χ4n) is 2.79. The summed E-state index contributed by atoms with van der Waals surface area (Å²) < 4.78 is 0. The Morgan fingerprint density at radius 1 is 1.10 bits per heavy atom. The minimum Gasteiger partial charge on any atom is -0.387 e. The molecular weight excluding hydrogens is 248 g/mol. The number of hydrogen-bond acceptors (Lipinski definition) is 4. The van der Waals surface area contributed by atoms with Crippen LogP contribution in [0.2, 0.25) is 0 Å². The molecule has 0 radical (unpaired) electrons. The van der Waals surface area contributed by atoms with Crippen molar-refractivity contribution >= 4 is 0 Å². The zero-order chi connectivity index (χ0) is 15.0. The van der Waals surface area contributed by atoms with Crippen molar-refractivity contribution in [3.8, 4) is 0 Å². The van der Waals surface area contributed by atoms with Gasteiger partial charge in [-0.15, -0.1) is 0 Å². The first-order chi connectivity index (χ1) is 9.54. The Morgan fingerprint density at radius 2 is 1.70 bits per heavy atom. The maximum absolute atomic E-state index is 5.44. The van der Waals surface area contributed by atoms with E-state index < -0.39 is 0 Å².